The number of hydrogen-bond donors (Lipinski definition) is 2. The standard InChI is InChI=1S/C16H16O3/c17-15-13-11-9-7-5-3-1-2-4-6-8-10-12-14-16(18)19/h17H,3-4,9-10,12,14-15H2,(H,18,19). The molecule has 19 heavy (non-hydrogen) atoms. The van der Waals surface area contributed by atoms with E-state index in [1.165, 1.54) is 0 Å². The van der Waals surface area contributed by atoms with Crippen LogP contribution in [0.4, 0.5) is 0 Å². The van der Waals surface area contributed by atoms with Gasteiger partial charge in [0.25, 0.3) is 0 Å². The predicted octanol–water partition coefficient (Wildman–Crippen LogP) is 1.42. The zero-order valence-corrected chi connectivity index (χ0v) is 10.8. The highest BCUT2D eigenvalue weighted by Crippen LogP contribution is 1.92. The van der Waals surface area contributed by atoms with Gasteiger partial charge in [0.1, 0.15) is 6.61 Å². The van der Waals surface area contributed by atoms with Crippen LogP contribution in [0.15, 0.2) is 0 Å². The molecular weight excluding hydrogens is 240 g/mol. The maximum absolute atomic E-state index is 10.2. The SMILES string of the molecule is O=C(O)CCCC#CCC#CCC#CCC#CCO. The first-order valence-corrected chi connectivity index (χ1v) is 5.93. The van der Waals surface area contributed by atoms with Gasteiger partial charge in [0.15, 0.2) is 0 Å². The van der Waals surface area contributed by atoms with Crippen LogP contribution < -0.4 is 0 Å². The molecule has 0 aromatic rings. The maximum atomic E-state index is 10.2. The van der Waals surface area contributed by atoms with E-state index in [4.69, 9.17) is 10.2 Å². The first-order chi connectivity index (χ1) is 9.27. The highest BCUT2D eigenvalue weighted by atomic mass is 16.4. The molecular formula is C16H16O3. The van der Waals surface area contributed by atoms with Gasteiger partial charge in [0, 0.05) is 12.8 Å². The molecule has 0 rings (SSSR count). The van der Waals surface area contributed by atoms with E-state index in [-0.39, 0.29) is 13.0 Å². The Morgan fingerprint density at radius 2 is 1.26 bits per heavy atom. The summed E-state index contributed by atoms with van der Waals surface area (Å²) in [6, 6.07) is 0. The minimum atomic E-state index is -0.788. The lowest BCUT2D eigenvalue weighted by molar-refractivity contribution is -0.137. The summed E-state index contributed by atoms with van der Waals surface area (Å²) in [5.41, 5.74) is 0. The van der Waals surface area contributed by atoms with Gasteiger partial charge in [-0.25, -0.2) is 0 Å². The van der Waals surface area contributed by atoms with Crippen molar-refractivity contribution < 1.29 is 15.0 Å². The average molecular weight is 256 g/mol. The molecule has 0 spiro atoms. The van der Waals surface area contributed by atoms with Crippen molar-refractivity contribution in [1.82, 2.24) is 0 Å². The van der Waals surface area contributed by atoms with Gasteiger partial charge >= 0.3 is 5.97 Å². The summed E-state index contributed by atoms with van der Waals surface area (Å²) in [4.78, 5) is 10.2. The maximum Gasteiger partial charge on any atom is 0.303 e. The Balaban J connectivity index is 3.60. The third-order valence-electron chi connectivity index (χ3n) is 1.80. The summed E-state index contributed by atoms with van der Waals surface area (Å²) in [5, 5.41) is 16.8. The second kappa shape index (κ2) is 13.7. The van der Waals surface area contributed by atoms with E-state index in [1.807, 2.05) is 0 Å². The summed E-state index contributed by atoms with van der Waals surface area (Å²) in [6.45, 7) is -0.132. The van der Waals surface area contributed by atoms with Crippen molar-refractivity contribution in [3.05, 3.63) is 0 Å². The van der Waals surface area contributed by atoms with Crippen molar-refractivity contribution in [2.45, 2.75) is 38.5 Å². The smallest absolute Gasteiger partial charge is 0.303 e. The van der Waals surface area contributed by atoms with Crippen molar-refractivity contribution in [3.63, 3.8) is 0 Å². The normalized spacial score (nSPS) is 7.42. The van der Waals surface area contributed by atoms with Crippen LogP contribution in [0.2, 0.25) is 0 Å². The number of carbonyl (C=O) groups is 1. The van der Waals surface area contributed by atoms with E-state index in [0.717, 1.165) is 0 Å². The molecule has 0 aromatic heterocycles. The van der Waals surface area contributed by atoms with Gasteiger partial charge < -0.3 is 10.2 Å². The molecule has 0 aliphatic heterocycles. The highest BCUT2D eigenvalue weighted by Gasteiger charge is 1.92. The summed E-state index contributed by atoms with van der Waals surface area (Å²) in [6.07, 6.45) is 2.76. The number of aliphatic hydroxyl groups is 1. The zero-order valence-electron chi connectivity index (χ0n) is 10.8. The molecule has 0 amide bonds. The molecule has 0 aliphatic carbocycles. The van der Waals surface area contributed by atoms with Crippen molar-refractivity contribution in [1.29, 1.82) is 0 Å². The van der Waals surface area contributed by atoms with Crippen LogP contribution in [0.25, 0.3) is 0 Å². The predicted molar refractivity (Wildman–Crippen MR) is 73.5 cm³/mol. The topological polar surface area (TPSA) is 57.5 Å². The van der Waals surface area contributed by atoms with Crippen molar-refractivity contribution in [3.8, 4) is 47.4 Å². The highest BCUT2D eigenvalue weighted by molar-refractivity contribution is 5.66. The molecule has 0 radical (unpaired) electrons. The molecule has 0 fully saturated rings. The Morgan fingerprint density at radius 3 is 1.74 bits per heavy atom. The molecule has 0 saturated heterocycles. The van der Waals surface area contributed by atoms with Gasteiger partial charge in [-0.15, -0.1) is 5.92 Å². The Bertz CT molecular complexity index is 501. The molecule has 3 nitrogen and oxygen atoms in total. The third-order valence-corrected chi connectivity index (χ3v) is 1.80. The number of hydrogen-bond acceptors (Lipinski definition) is 2. The van der Waals surface area contributed by atoms with Gasteiger partial charge in [0.2, 0.25) is 0 Å². The largest absolute Gasteiger partial charge is 0.481 e. The Kier molecular flexibility index (Phi) is 12.0. The molecule has 0 atom stereocenters. The van der Waals surface area contributed by atoms with Crippen LogP contribution in [0.3, 0.4) is 0 Å². The first-order valence-electron chi connectivity index (χ1n) is 5.93. The van der Waals surface area contributed by atoms with Crippen LogP contribution in [0.5, 0.6) is 0 Å². The number of carboxylic acid groups (broad SMARTS) is 1. The lowest BCUT2D eigenvalue weighted by atomic mass is 10.2. The minimum Gasteiger partial charge on any atom is -0.481 e. The van der Waals surface area contributed by atoms with E-state index in [9.17, 15) is 4.79 Å². The number of unbranched alkanes of at least 4 members (excludes halogenated alkanes) is 1. The molecule has 3 heteroatoms. The van der Waals surface area contributed by atoms with Crippen LogP contribution >= 0.6 is 0 Å². The second-order valence-corrected chi connectivity index (χ2v) is 3.35. The summed E-state index contributed by atoms with van der Waals surface area (Å²) >= 11 is 0. The van der Waals surface area contributed by atoms with Gasteiger partial charge in [-0.05, 0) is 6.42 Å². The number of aliphatic carboxylic acids is 1. The van der Waals surface area contributed by atoms with Gasteiger partial charge in [-0.2, -0.15) is 0 Å². The molecule has 0 aliphatic rings. The fourth-order valence-corrected chi connectivity index (χ4v) is 0.980. The van der Waals surface area contributed by atoms with Crippen LogP contribution in [0, 0.1) is 47.4 Å². The van der Waals surface area contributed by atoms with Crippen molar-refractivity contribution >= 4 is 5.97 Å². The Morgan fingerprint density at radius 1 is 0.789 bits per heavy atom. The molecule has 0 aromatic carbocycles. The van der Waals surface area contributed by atoms with Gasteiger partial charge in [0.05, 0.1) is 19.3 Å². The van der Waals surface area contributed by atoms with E-state index in [2.05, 4.69) is 47.4 Å². The van der Waals surface area contributed by atoms with Gasteiger partial charge in [-0.1, -0.05) is 41.4 Å². The first kappa shape index (κ1) is 16.7. The quantitative estimate of drug-likeness (QED) is 0.593. The second-order valence-electron chi connectivity index (χ2n) is 3.35. The van der Waals surface area contributed by atoms with E-state index >= 15 is 0 Å². The lowest BCUT2D eigenvalue weighted by Gasteiger charge is -1.86. The lowest BCUT2D eigenvalue weighted by Crippen LogP contribution is -1.92. The molecule has 0 saturated carbocycles. The zero-order chi connectivity index (χ0) is 14.2. The Labute approximate surface area is 114 Å². The van der Waals surface area contributed by atoms with E-state index in [0.29, 0.717) is 32.1 Å². The molecule has 98 valence electrons. The van der Waals surface area contributed by atoms with Crippen LogP contribution in [-0.4, -0.2) is 22.8 Å². The minimum absolute atomic E-state index is 0.132. The fourth-order valence-electron chi connectivity index (χ4n) is 0.980. The fraction of sp³-hybridized carbons (Fsp3) is 0.438. The van der Waals surface area contributed by atoms with Crippen LogP contribution in [-0.2, 0) is 4.79 Å². The monoisotopic (exact) mass is 256 g/mol. The van der Waals surface area contributed by atoms with Crippen LogP contribution in [0.1, 0.15) is 38.5 Å². The molecule has 0 bridgehead atoms. The molecule has 0 heterocycles. The van der Waals surface area contributed by atoms with Gasteiger partial charge in [-0.3, -0.25) is 4.79 Å². The summed E-state index contributed by atoms with van der Waals surface area (Å²) in [5.74, 6) is 21.5. The summed E-state index contributed by atoms with van der Waals surface area (Å²) in [7, 11) is 0. The van der Waals surface area contributed by atoms with Crippen molar-refractivity contribution in [2.24, 2.45) is 0 Å². The number of rotatable bonds is 3. The average Bonchev–Trinajstić information content (AvgIpc) is 2.39. The number of aliphatic hydroxyl groups excluding tert-OH is 1. The van der Waals surface area contributed by atoms with Crippen molar-refractivity contribution in [2.75, 3.05) is 6.61 Å². The molecule has 0 unspecified atom stereocenters. The third kappa shape index (κ3) is 15.7. The van der Waals surface area contributed by atoms with E-state index in [1.54, 1.807) is 0 Å². The Hall–Kier alpha value is -2.33. The number of carboxylic acids is 1. The summed E-state index contributed by atoms with van der Waals surface area (Å²) < 4.78 is 0. The molecule has 2 N–H and O–H groups in total. The van der Waals surface area contributed by atoms with E-state index < -0.39 is 5.97 Å².